The minimum atomic E-state index is -4.63. The molecule has 4 aromatic rings. The van der Waals surface area contributed by atoms with E-state index in [-0.39, 0.29) is 0 Å². The molecule has 6 nitrogen and oxygen atoms in total. The van der Waals surface area contributed by atoms with E-state index in [0.29, 0.717) is 22.9 Å². The van der Waals surface area contributed by atoms with Crippen LogP contribution in [-0.2, 0) is 13.2 Å². The summed E-state index contributed by atoms with van der Waals surface area (Å²) in [4.78, 5) is 16.8. The van der Waals surface area contributed by atoms with Gasteiger partial charge in [0.2, 0.25) is 0 Å². The van der Waals surface area contributed by atoms with Gasteiger partial charge in [-0.05, 0) is 30.3 Å². The van der Waals surface area contributed by atoms with Crippen molar-refractivity contribution in [2.45, 2.75) is 6.18 Å². The van der Waals surface area contributed by atoms with Crippen LogP contribution in [0, 0.1) is 0 Å². The van der Waals surface area contributed by atoms with Crippen molar-refractivity contribution in [2.24, 2.45) is 7.05 Å². The Kier molecular flexibility index (Phi) is 5.63. The molecule has 2 aromatic heterocycles. The Bertz CT molecular complexity index is 1270. The van der Waals surface area contributed by atoms with Gasteiger partial charge in [0.05, 0.1) is 23.0 Å². The molecule has 0 aliphatic heterocycles. The second-order valence-electron chi connectivity index (χ2n) is 6.91. The highest BCUT2D eigenvalue weighted by Gasteiger charge is 2.34. The molecule has 0 unspecified atom stereocenters. The lowest BCUT2D eigenvalue weighted by atomic mass is 10.1. The number of ether oxygens (including phenoxy) is 1. The molecule has 4 rings (SSSR count). The number of hydrogen-bond donors (Lipinski definition) is 1. The highest BCUT2D eigenvalue weighted by Crippen LogP contribution is 2.32. The fraction of sp³-hybridized carbons (Fsp3) is 0.0870. The number of anilines is 1. The van der Waals surface area contributed by atoms with E-state index >= 15 is 0 Å². The van der Waals surface area contributed by atoms with Gasteiger partial charge in [-0.3, -0.25) is 14.5 Å². The van der Waals surface area contributed by atoms with Gasteiger partial charge in [0, 0.05) is 42.8 Å². The number of pyridine rings is 1. The third-order valence-corrected chi connectivity index (χ3v) is 4.54. The molecule has 2 aromatic carbocycles. The largest absolute Gasteiger partial charge is 0.457 e. The number of aromatic nitrogens is 3. The molecule has 0 spiro atoms. The van der Waals surface area contributed by atoms with E-state index in [9.17, 15) is 18.0 Å². The molecular formula is C23H17F3N4O2. The molecular weight excluding hydrogens is 421 g/mol. The fourth-order valence-electron chi connectivity index (χ4n) is 3.09. The molecule has 0 fully saturated rings. The summed E-state index contributed by atoms with van der Waals surface area (Å²) in [5.41, 5.74) is 0.336. The Labute approximate surface area is 181 Å². The van der Waals surface area contributed by atoms with Crippen molar-refractivity contribution in [2.75, 3.05) is 5.32 Å². The zero-order valence-electron chi connectivity index (χ0n) is 16.8. The number of benzene rings is 2. The van der Waals surface area contributed by atoms with Gasteiger partial charge in [-0.2, -0.15) is 18.3 Å². The lowest BCUT2D eigenvalue weighted by molar-refractivity contribution is -0.137. The minimum absolute atomic E-state index is 0.297. The van der Waals surface area contributed by atoms with Crippen LogP contribution in [0.15, 0.2) is 79.3 Å². The number of alkyl halides is 3. The molecule has 0 saturated heterocycles. The number of aryl methyl sites for hydroxylation is 1. The van der Waals surface area contributed by atoms with Crippen molar-refractivity contribution in [3.8, 4) is 22.8 Å². The zero-order valence-corrected chi connectivity index (χ0v) is 16.8. The summed E-state index contributed by atoms with van der Waals surface area (Å²) in [6.07, 6.45) is 0.464. The van der Waals surface area contributed by atoms with Crippen LogP contribution in [0.2, 0.25) is 0 Å². The van der Waals surface area contributed by atoms with E-state index in [0.717, 1.165) is 17.7 Å². The minimum Gasteiger partial charge on any atom is -0.457 e. The molecule has 0 aliphatic rings. The number of amides is 1. The number of nitrogens with zero attached hydrogens (tertiary/aromatic N) is 3. The molecule has 32 heavy (non-hydrogen) atoms. The third kappa shape index (κ3) is 4.77. The number of rotatable bonds is 5. The number of nitrogens with one attached hydrogen (secondary N) is 1. The summed E-state index contributed by atoms with van der Waals surface area (Å²) >= 11 is 0. The molecule has 0 aliphatic carbocycles. The van der Waals surface area contributed by atoms with Crippen LogP contribution in [0.4, 0.5) is 18.9 Å². The van der Waals surface area contributed by atoms with Gasteiger partial charge in [0.15, 0.2) is 0 Å². The smallest absolute Gasteiger partial charge is 0.417 e. The first-order valence-corrected chi connectivity index (χ1v) is 9.50. The predicted octanol–water partition coefficient (Wildman–Crippen LogP) is 5.55. The lowest BCUT2D eigenvalue weighted by Gasteiger charge is -2.13. The number of carbonyl (C=O) groups is 1. The first kappa shape index (κ1) is 21.1. The molecule has 0 bridgehead atoms. The Hall–Kier alpha value is -4.14. The van der Waals surface area contributed by atoms with Crippen LogP contribution in [0.3, 0.4) is 0 Å². The van der Waals surface area contributed by atoms with E-state index in [2.05, 4.69) is 15.4 Å². The molecule has 1 amide bonds. The van der Waals surface area contributed by atoms with E-state index in [4.69, 9.17) is 4.74 Å². The molecule has 9 heteroatoms. The summed E-state index contributed by atoms with van der Waals surface area (Å²) in [6.45, 7) is 0. The molecule has 0 atom stereocenters. The number of hydrogen-bond acceptors (Lipinski definition) is 4. The highest BCUT2D eigenvalue weighted by molar-refractivity contribution is 6.05. The van der Waals surface area contributed by atoms with E-state index in [1.165, 1.54) is 18.2 Å². The first-order valence-electron chi connectivity index (χ1n) is 9.50. The van der Waals surface area contributed by atoms with Gasteiger partial charge in [0.1, 0.15) is 11.5 Å². The Morgan fingerprint density at radius 3 is 2.56 bits per heavy atom. The van der Waals surface area contributed by atoms with Crippen LogP contribution >= 0.6 is 0 Å². The Morgan fingerprint density at radius 2 is 1.81 bits per heavy atom. The first-order chi connectivity index (χ1) is 15.3. The zero-order chi connectivity index (χ0) is 22.7. The highest BCUT2D eigenvalue weighted by atomic mass is 19.4. The maximum Gasteiger partial charge on any atom is 0.417 e. The Morgan fingerprint density at radius 1 is 1.03 bits per heavy atom. The second kappa shape index (κ2) is 8.54. The van der Waals surface area contributed by atoms with Gasteiger partial charge < -0.3 is 10.1 Å². The van der Waals surface area contributed by atoms with Crippen molar-refractivity contribution >= 4 is 11.6 Å². The standard InChI is InChI=1S/C23H17F3N4O2/c1-30-14-15(13-28-30)21-12-18(9-10-27-21)32-17-6-4-5-16(11-17)29-22(31)19-7-2-3-8-20(19)23(24,25)26/h2-14H,1H3,(H,29,31). The molecule has 0 saturated carbocycles. The number of halogens is 3. The van der Waals surface area contributed by atoms with Crippen LogP contribution in [0.5, 0.6) is 11.5 Å². The maximum atomic E-state index is 13.2. The van der Waals surface area contributed by atoms with E-state index < -0.39 is 23.2 Å². The summed E-state index contributed by atoms with van der Waals surface area (Å²) < 4.78 is 47.1. The van der Waals surface area contributed by atoms with Crippen LogP contribution < -0.4 is 10.1 Å². The van der Waals surface area contributed by atoms with Crippen molar-refractivity contribution in [3.63, 3.8) is 0 Å². The van der Waals surface area contributed by atoms with E-state index in [1.807, 2.05) is 6.20 Å². The lowest BCUT2D eigenvalue weighted by Crippen LogP contribution is -2.18. The second-order valence-corrected chi connectivity index (χ2v) is 6.91. The topological polar surface area (TPSA) is 69.0 Å². The molecule has 2 heterocycles. The van der Waals surface area contributed by atoms with Gasteiger partial charge in [-0.15, -0.1) is 0 Å². The molecule has 0 radical (unpaired) electrons. The monoisotopic (exact) mass is 438 g/mol. The van der Waals surface area contributed by atoms with Crippen LogP contribution in [0.1, 0.15) is 15.9 Å². The summed E-state index contributed by atoms with van der Waals surface area (Å²) in [7, 11) is 1.80. The van der Waals surface area contributed by atoms with Gasteiger partial charge in [-0.25, -0.2) is 0 Å². The summed E-state index contributed by atoms with van der Waals surface area (Å²) in [5, 5.41) is 6.61. The van der Waals surface area contributed by atoms with Crippen molar-refractivity contribution < 1.29 is 22.7 Å². The number of carbonyl (C=O) groups excluding carboxylic acids is 1. The Balaban J connectivity index is 1.52. The SMILES string of the molecule is Cn1cc(-c2cc(Oc3cccc(NC(=O)c4ccccc4C(F)(F)F)c3)ccn2)cn1. The fourth-order valence-corrected chi connectivity index (χ4v) is 3.09. The van der Waals surface area contributed by atoms with Gasteiger partial charge in [0.25, 0.3) is 5.91 Å². The van der Waals surface area contributed by atoms with Gasteiger partial charge in [-0.1, -0.05) is 18.2 Å². The normalized spacial score (nSPS) is 11.2. The average molecular weight is 438 g/mol. The maximum absolute atomic E-state index is 13.2. The van der Waals surface area contributed by atoms with Crippen LogP contribution in [-0.4, -0.2) is 20.7 Å². The van der Waals surface area contributed by atoms with Crippen molar-refractivity contribution in [1.29, 1.82) is 0 Å². The summed E-state index contributed by atoms with van der Waals surface area (Å²) in [5.74, 6) is 0.0397. The third-order valence-electron chi connectivity index (χ3n) is 4.54. The van der Waals surface area contributed by atoms with Crippen molar-refractivity contribution in [3.05, 3.63) is 90.4 Å². The van der Waals surface area contributed by atoms with Crippen LogP contribution in [0.25, 0.3) is 11.3 Å². The summed E-state index contributed by atoms with van der Waals surface area (Å²) in [6, 6.07) is 14.4. The van der Waals surface area contributed by atoms with E-state index in [1.54, 1.807) is 54.5 Å². The average Bonchev–Trinajstić information content (AvgIpc) is 3.20. The quantitative estimate of drug-likeness (QED) is 0.444. The molecule has 1 N–H and O–H groups in total. The van der Waals surface area contributed by atoms with Crippen molar-refractivity contribution in [1.82, 2.24) is 14.8 Å². The predicted molar refractivity (Wildman–Crippen MR) is 112 cm³/mol. The van der Waals surface area contributed by atoms with Gasteiger partial charge >= 0.3 is 6.18 Å². The molecule has 162 valence electrons.